The summed E-state index contributed by atoms with van der Waals surface area (Å²) in [5, 5.41) is 0. The van der Waals surface area contributed by atoms with E-state index in [1.54, 1.807) is 10.6 Å². The fourth-order valence-electron chi connectivity index (χ4n) is 3.71. The summed E-state index contributed by atoms with van der Waals surface area (Å²) in [6.07, 6.45) is 6.05. The van der Waals surface area contributed by atoms with Crippen LogP contribution in [0.25, 0.3) is 22.3 Å². The topological polar surface area (TPSA) is 52.0 Å². The Kier molecular flexibility index (Phi) is 4.27. The molecule has 0 amide bonds. The molecule has 0 radical (unpaired) electrons. The summed E-state index contributed by atoms with van der Waals surface area (Å²) < 4.78 is 1.73. The zero-order valence-corrected chi connectivity index (χ0v) is 15.8. The molecule has 3 aromatic rings. The maximum Gasteiger partial charge on any atom is 0.250 e. The van der Waals surface area contributed by atoms with Crippen LogP contribution < -0.4 is 5.56 Å². The number of carbonyl (C=O) groups is 1. The number of Topliss-reactive ketones (excluding diaryl/α,β-unsaturated/α-hetero) is 1. The van der Waals surface area contributed by atoms with Gasteiger partial charge in [0, 0.05) is 54.2 Å². The number of fused-ring (bicyclic) bond motifs is 1. The molecular weight excluding hydrogens is 336 g/mol. The third-order valence-corrected chi connectivity index (χ3v) is 5.36. The molecule has 1 unspecified atom stereocenters. The summed E-state index contributed by atoms with van der Waals surface area (Å²) in [6, 6.07) is 11.8. The lowest BCUT2D eigenvalue weighted by molar-refractivity contribution is -0.118. The van der Waals surface area contributed by atoms with Crippen LogP contribution in [0.2, 0.25) is 0 Å². The molecule has 1 aliphatic rings. The molecule has 0 saturated heterocycles. The molecule has 4 nitrogen and oxygen atoms in total. The van der Waals surface area contributed by atoms with Gasteiger partial charge in [-0.25, -0.2) is 0 Å². The van der Waals surface area contributed by atoms with E-state index >= 15 is 0 Å². The summed E-state index contributed by atoms with van der Waals surface area (Å²) in [7, 11) is 0. The Morgan fingerprint density at radius 3 is 2.41 bits per heavy atom. The molecule has 2 aromatic heterocycles. The lowest BCUT2D eigenvalue weighted by Crippen LogP contribution is -2.20. The van der Waals surface area contributed by atoms with Crippen LogP contribution in [0.5, 0.6) is 0 Å². The van der Waals surface area contributed by atoms with E-state index in [1.165, 1.54) is 0 Å². The molecule has 4 rings (SSSR count). The van der Waals surface area contributed by atoms with Gasteiger partial charge < -0.3 is 4.57 Å². The molecule has 0 spiro atoms. The Morgan fingerprint density at radius 2 is 1.67 bits per heavy atom. The number of benzene rings is 1. The number of hydrogen-bond acceptors (Lipinski definition) is 3. The van der Waals surface area contributed by atoms with Gasteiger partial charge in [-0.3, -0.25) is 14.6 Å². The Hall–Kier alpha value is -3.01. The summed E-state index contributed by atoms with van der Waals surface area (Å²) in [6.45, 7) is 5.96. The quantitative estimate of drug-likeness (QED) is 0.698. The zero-order chi connectivity index (χ0) is 19.1. The van der Waals surface area contributed by atoms with Crippen LogP contribution in [0.15, 0.2) is 59.8 Å². The first-order valence-electron chi connectivity index (χ1n) is 9.27. The Morgan fingerprint density at radius 1 is 0.963 bits per heavy atom. The number of ketones is 1. The van der Waals surface area contributed by atoms with Crippen LogP contribution >= 0.6 is 0 Å². The highest BCUT2D eigenvalue weighted by atomic mass is 16.1. The van der Waals surface area contributed by atoms with E-state index in [4.69, 9.17) is 0 Å². The molecule has 1 aromatic carbocycles. The molecule has 0 saturated carbocycles. The van der Waals surface area contributed by atoms with E-state index in [-0.39, 0.29) is 23.3 Å². The molecule has 0 fully saturated rings. The van der Waals surface area contributed by atoms with Crippen LogP contribution in [0, 0.1) is 0 Å². The summed E-state index contributed by atoms with van der Waals surface area (Å²) in [5.41, 5.74) is 6.23. The van der Waals surface area contributed by atoms with Crippen molar-refractivity contribution in [2.45, 2.75) is 39.2 Å². The minimum atomic E-state index is -0.00438. The van der Waals surface area contributed by atoms with Gasteiger partial charge in [-0.15, -0.1) is 0 Å². The molecule has 1 atom stereocenters. The predicted molar refractivity (Wildman–Crippen MR) is 107 cm³/mol. The van der Waals surface area contributed by atoms with Crippen LogP contribution in [0.1, 0.15) is 43.9 Å². The van der Waals surface area contributed by atoms with Gasteiger partial charge >= 0.3 is 0 Å². The van der Waals surface area contributed by atoms with Crippen LogP contribution in [-0.4, -0.2) is 15.3 Å². The van der Waals surface area contributed by atoms with E-state index in [9.17, 15) is 9.59 Å². The van der Waals surface area contributed by atoms with Crippen molar-refractivity contribution in [1.82, 2.24) is 9.55 Å². The van der Waals surface area contributed by atoms with E-state index < -0.39 is 0 Å². The van der Waals surface area contributed by atoms with Crippen LogP contribution in [0.4, 0.5) is 0 Å². The van der Waals surface area contributed by atoms with Gasteiger partial charge in [0.2, 0.25) is 0 Å². The largest absolute Gasteiger partial charge is 0.312 e. The second-order valence-corrected chi connectivity index (χ2v) is 7.50. The van der Waals surface area contributed by atoms with E-state index in [1.807, 2.05) is 45.4 Å². The predicted octanol–water partition coefficient (Wildman–Crippen LogP) is 4.39. The first kappa shape index (κ1) is 17.4. The summed E-state index contributed by atoms with van der Waals surface area (Å²) >= 11 is 0. The van der Waals surface area contributed by atoms with Crippen molar-refractivity contribution in [3.05, 3.63) is 76.5 Å². The Balaban J connectivity index is 1.74. The van der Waals surface area contributed by atoms with Crippen molar-refractivity contribution in [3.63, 3.8) is 0 Å². The SMILES string of the molecule is CC1C(=O)Cc2cc(-c3cncc(-c4ccc(=O)n(C(C)C)c4)c3)ccc21. The summed E-state index contributed by atoms with van der Waals surface area (Å²) in [5.74, 6) is 0.278. The molecule has 1 aliphatic carbocycles. The number of pyridine rings is 2. The minimum absolute atomic E-state index is 0.00408. The van der Waals surface area contributed by atoms with E-state index in [0.29, 0.717) is 6.42 Å². The molecular formula is C23H22N2O2. The van der Waals surface area contributed by atoms with Crippen molar-refractivity contribution in [2.24, 2.45) is 0 Å². The standard InChI is InChI=1S/C23H22N2O2/c1-14(2)25-13-17(5-7-23(25)27)20-9-19(11-24-12-20)16-4-6-21-15(3)22(26)10-18(21)8-16/h4-9,11-15H,10H2,1-3H3. The average molecular weight is 358 g/mol. The molecule has 136 valence electrons. The van der Waals surface area contributed by atoms with Crippen LogP contribution in [-0.2, 0) is 11.2 Å². The maximum absolute atomic E-state index is 12.0. The van der Waals surface area contributed by atoms with Crippen molar-refractivity contribution < 1.29 is 4.79 Å². The normalized spacial score (nSPS) is 16.0. The second kappa shape index (κ2) is 6.62. The van der Waals surface area contributed by atoms with Gasteiger partial charge in [-0.05, 0) is 48.2 Å². The third-order valence-electron chi connectivity index (χ3n) is 5.36. The molecule has 4 heteroatoms. The van der Waals surface area contributed by atoms with Crippen molar-refractivity contribution in [1.29, 1.82) is 0 Å². The number of rotatable bonds is 3. The van der Waals surface area contributed by atoms with E-state index in [0.717, 1.165) is 33.4 Å². The Bertz CT molecular complexity index is 1100. The molecule has 0 N–H and O–H groups in total. The minimum Gasteiger partial charge on any atom is -0.312 e. The summed E-state index contributed by atoms with van der Waals surface area (Å²) in [4.78, 5) is 28.4. The number of hydrogen-bond donors (Lipinski definition) is 0. The van der Waals surface area contributed by atoms with Gasteiger partial charge in [0.1, 0.15) is 5.78 Å². The smallest absolute Gasteiger partial charge is 0.250 e. The molecule has 0 bridgehead atoms. The first-order valence-corrected chi connectivity index (χ1v) is 9.27. The van der Waals surface area contributed by atoms with Gasteiger partial charge in [0.25, 0.3) is 5.56 Å². The monoisotopic (exact) mass is 358 g/mol. The number of carbonyl (C=O) groups excluding carboxylic acids is 1. The van der Waals surface area contributed by atoms with Gasteiger partial charge in [0.05, 0.1) is 0 Å². The number of aromatic nitrogens is 2. The lowest BCUT2D eigenvalue weighted by Gasteiger charge is -2.12. The maximum atomic E-state index is 12.0. The van der Waals surface area contributed by atoms with Gasteiger partial charge in [0.15, 0.2) is 0 Å². The van der Waals surface area contributed by atoms with Gasteiger partial charge in [-0.2, -0.15) is 0 Å². The zero-order valence-electron chi connectivity index (χ0n) is 15.8. The second-order valence-electron chi connectivity index (χ2n) is 7.50. The van der Waals surface area contributed by atoms with Crippen molar-refractivity contribution >= 4 is 5.78 Å². The Labute approximate surface area is 158 Å². The molecule has 0 aliphatic heterocycles. The lowest BCUT2D eigenvalue weighted by atomic mass is 9.97. The highest BCUT2D eigenvalue weighted by Crippen LogP contribution is 2.34. The highest BCUT2D eigenvalue weighted by Gasteiger charge is 2.26. The van der Waals surface area contributed by atoms with Crippen molar-refractivity contribution in [3.8, 4) is 22.3 Å². The fraction of sp³-hybridized carbons (Fsp3) is 0.261. The fourth-order valence-corrected chi connectivity index (χ4v) is 3.71. The van der Waals surface area contributed by atoms with Crippen molar-refractivity contribution in [2.75, 3.05) is 0 Å². The van der Waals surface area contributed by atoms with Gasteiger partial charge in [-0.1, -0.05) is 25.1 Å². The third kappa shape index (κ3) is 3.12. The molecule has 2 heterocycles. The average Bonchev–Trinajstić information content (AvgIpc) is 2.95. The molecule has 27 heavy (non-hydrogen) atoms. The number of nitrogens with zero attached hydrogens (tertiary/aromatic N) is 2. The highest BCUT2D eigenvalue weighted by molar-refractivity contribution is 5.92. The first-order chi connectivity index (χ1) is 12.9. The van der Waals surface area contributed by atoms with E-state index in [2.05, 4.69) is 29.2 Å². The van der Waals surface area contributed by atoms with Crippen LogP contribution in [0.3, 0.4) is 0 Å².